The third-order valence-corrected chi connectivity index (χ3v) is 5.57. The number of carbonyl (C=O) groups is 1. The minimum atomic E-state index is -0.356. The average molecular weight is 455 g/mol. The van der Waals surface area contributed by atoms with Crippen LogP contribution >= 0.6 is 22.9 Å². The molecule has 0 aliphatic carbocycles. The van der Waals surface area contributed by atoms with Gasteiger partial charge in [-0.05, 0) is 37.3 Å². The quantitative estimate of drug-likeness (QED) is 0.431. The summed E-state index contributed by atoms with van der Waals surface area (Å²) in [5.74, 6) is 1.32. The number of ether oxygens (including phenoxy) is 2. The predicted molar refractivity (Wildman–Crippen MR) is 122 cm³/mol. The first-order valence-electron chi connectivity index (χ1n) is 9.30. The molecule has 2 aromatic carbocycles. The van der Waals surface area contributed by atoms with Gasteiger partial charge in [-0.2, -0.15) is 9.78 Å². The molecule has 0 radical (unpaired) electrons. The van der Waals surface area contributed by atoms with E-state index in [0.29, 0.717) is 27.3 Å². The molecule has 0 fully saturated rings. The van der Waals surface area contributed by atoms with Gasteiger partial charge in [0.2, 0.25) is 5.13 Å². The fourth-order valence-corrected chi connectivity index (χ4v) is 4.02. The highest BCUT2D eigenvalue weighted by Crippen LogP contribution is 2.29. The van der Waals surface area contributed by atoms with E-state index in [1.807, 2.05) is 36.6 Å². The first-order valence-corrected chi connectivity index (χ1v) is 10.6. The molecule has 1 amide bonds. The minimum Gasteiger partial charge on any atom is -0.497 e. The summed E-state index contributed by atoms with van der Waals surface area (Å²) in [6.07, 6.45) is 0. The molecule has 9 heteroatoms. The topological polar surface area (TPSA) is 78.3 Å². The number of anilines is 1. The van der Waals surface area contributed by atoms with Crippen LogP contribution in [0.5, 0.6) is 11.5 Å². The van der Waals surface area contributed by atoms with Gasteiger partial charge in [-0.3, -0.25) is 4.79 Å². The van der Waals surface area contributed by atoms with Crippen molar-refractivity contribution >= 4 is 34.7 Å². The van der Waals surface area contributed by atoms with Gasteiger partial charge in [0.25, 0.3) is 5.91 Å². The van der Waals surface area contributed by atoms with Gasteiger partial charge in [0.15, 0.2) is 0 Å². The molecule has 2 heterocycles. The van der Waals surface area contributed by atoms with Crippen LogP contribution < -0.4 is 14.8 Å². The highest BCUT2D eigenvalue weighted by atomic mass is 35.5. The predicted octanol–water partition coefficient (Wildman–Crippen LogP) is 5.23. The number of carbonyl (C=O) groups excluding carboxylic acids is 1. The van der Waals surface area contributed by atoms with Crippen molar-refractivity contribution in [3.8, 4) is 27.9 Å². The SMILES string of the molecule is COc1cccc(-c2csc(-n3nc(C)cc3NC(=O)c3cc(Cl)ccc3OC)n2)c1. The lowest BCUT2D eigenvalue weighted by Gasteiger charge is -2.10. The smallest absolute Gasteiger partial charge is 0.260 e. The van der Waals surface area contributed by atoms with Gasteiger partial charge >= 0.3 is 0 Å². The van der Waals surface area contributed by atoms with Crippen molar-refractivity contribution in [1.29, 1.82) is 0 Å². The first-order chi connectivity index (χ1) is 15.0. The molecule has 0 saturated carbocycles. The van der Waals surface area contributed by atoms with Crippen molar-refractivity contribution in [2.75, 3.05) is 19.5 Å². The summed E-state index contributed by atoms with van der Waals surface area (Å²) >= 11 is 7.49. The second-order valence-corrected chi connectivity index (χ2v) is 7.90. The number of aromatic nitrogens is 3. The molecule has 0 aliphatic rings. The van der Waals surface area contributed by atoms with Crippen LogP contribution in [0.25, 0.3) is 16.4 Å². The summed E-state index contributed by atoms with van der Waals surface area (Å²) in [7, 11) is 3.13. The summed E-state index contributed by atoms with van der Waals surface area (Å²) in [5.41, 5.74) is 2.80. The van der Waals surface area contributed by atoms with Crippen LogP contribution in [-0.2, 0) is 0 Å². The summed E-state index contributed by atoms with van der Waals surface area (Å²) in [4.78, 5) is 17.6. The maximum absolute atomic E-state index is 12.9. The number of thiazole rings is 1. The third-order valence-electron chi connectivity index (χ3n) is 4.52. The van der Waals surface area contributed by atoms with Gasteiger partial charge in [-0.15, -0.1) is 11.3 Å². The largest absolute Gasteiger partial charge is 0.497 e. The Morgan fingerprint density at radius 2 is 1.97 bits per heavy atom. The normalized spacial score (nSPS) is 10.7. The molecule has 4 rings (SSSR count). The fraction of sp³-hybridized carbons (Fsp3) is 0.136. The third kappa shape index (κ3) is 4.40. The van der Waals surface area contributed by atoms with Crippen molar-refractivity contribution < 1.29 is 14.3 Å². The van der Waals surface area contributed by atoms with E-state index in [0.717, 1.165) is 22.7 Å². The lowest BCUT2D eigenvalue weighted by atomic mass is 10.2. The molecular formula is C22H19ClN4O3S. The standard InChI is InChI=1S/C22H19ClN4O3S/c1-13-9-20(25-21(28)17-11-15(23)7-8-19(17)30-3)27(26-13)22-24-18(12-31-22)14-5-4-6-16(10-14)29-2/h4-12H,1-3H3,(H,25,28). The molecule has 2 aromatic heterocycles. The minimum absolute atomic E-state index is 0.330. The van der Waals surface area contributed by atoms with Crippen LogP contribution in [0.15, 0.2) is 53.9 Å². The molecule has 1 N–H and O–H groups in total. The molecule has 0 aliphatic heterocycles. The Morgan fingerprint density at radius 1 is 1.13 bits per heavy atom. The highest BCUT2D eigenvalue weighted by Gasteiger charge is 2.18. The Kier molecular flexibility index (Phi) is 5.92. The van der Waals surface area contributed by atoms with E-state index in [1.54, 1.807) is 36.1 Å². The van der Waals surface area contributed by atoms with Crippen molar-refractivity contribution in [3.05, 3.63) is 70.2 Å². The second kappa shape index (κ2) is 8.79. The number of amides is 1. The van der Waals surface area contributed by atoms with E-state index in [1.165, 1.54) is 18.4 Å². The fourth-order valence-electron chi connectivity index (χ4n) is 3.05. The number of aryl methyl sites for hydroxylation is 1. The lowest BCUT2D eigenvalue weighted by Crippen LogP contribution is -2.16. The maximum atomic E-state index is 12.9. The average Bonchev–Trinajstić information content (AvgIpc) is 3.40. The number of nitrogens with zero attached hydrogens (tertiary/aromatic N) is 3. The van der Waals surface area contributed by atoms with Gasteiger partial charge < -0.3 is 14.8 Å². The zero-order valence-corrected chi connectivity index (χ0v) is 18.6. The van der Waals surface area contributed by atoms with E-state index in [4.69, 9.17) is 26.1 Å². The molecule has 4 aromatic rings. The summed E-state index contributed by atoms with van der Waals surface area (Å²) in [6, 6.07) is 14.3. The molecule has 7 nitrogen and oxygen atoms in total. The number of halogens is 1. The van der Waals surface area contributed by atoms with Gasteiger partial charge in [-0.25, -0.2) is 4.98 Å². The number of rotatable bonds is 6. The Balaban J connectivity index is 1.65. The molecule has 0 bridgehead atoms. The van der Waals surface area contributed by atoms with Crippen LogP contribution in [0, 0.1) is 6.92 Å². The number of benzene rings is 2. The van der Waals surface area contributed by atoms with Gasteiger partial charge in [0, 0.05) is 22.0 Å². The Hall–Kier alpha value is -3.36. The van der Waals surface area contributed by atoms with Gasteiger partial charge in [0.05, 0.1) is 31.2 Å². The molecular weight excluding hydrogens is 436 g/mol. The van der Waals surface area contributed by atoms with E-state index in [2.05, 4.69) is 10.4 Å². The van der Waals surface area contributed by atoms with Crippen molar-refractivity contribution in [2.24, 2.45) is 0 Å². The van der Waals surface area contributed by atoms with E-state index in [-0.39, 0.29) is 5.91 Å². The molecule has 0 unspecified atom stereocenters. The van der Waals surface area contributed by atoms with Crippen LogP contribution in [0.3, 0.4) is 0 Å². The van der Waals surface area contributed by atoms with Crippen LogP contribution in [0.1, 0.15) is 16.1 Å². The van der Waals surface area contributed by atoms with Crippen molar-refractivity contribution in [2.45, 2.75) is 6.92 Å². The van der Waals surface area contributed by atoms with Crippen LogP contribution in [0.2, 0.25) is 5.02 Å². The lowest BCUT2D eigenvalue weighted by molar-refractivity contribution is 0.102. The molecule has 31 heavy (non-hydrogen) atoms. The Morgan fingerprint density at radius 3 is 2.74 bits per heavy atom. The molecule has 0 spiro atoms. The van der Waals surface area contributed by atoms with Crippen molar-refractivity contribution in [3.63, 3.8) is 0 Å². The van der Waals surface area contributed by atoms with Gasteiger partial charge in [0.1, 0.15) is 17.3 Å². The van der Waals surface area contributed by atoms with Gasteiger partial charge in [-0.1, -0.05) is 23.7 Å². The summed E-state index contributed by atoms with van der Waals surface area (Å²) < 4.78 is 12.2. The number of methoxy groups -OCH3 is 2. The van der Waals surface area contributed by atoms with E-state index in [9.17, 15) is 4.79 Å². The monoisotopic (exact) mass is 454 g/mol. The van der Waals surface area contributed by atoms with E-state index >= 15 is 0 Å². The second-order valence-electron chi connectivity index (χ2n) is 6.63. The number of nitrogens with one attached hydrogen (secondary N) is 1. The first kappa shape index (κ1) is 20.9. The number of hydrogen-bond donors (Lipinski definition) is 1. The maximum Gasteiger partial charge on any atom is 0.260 e. The van der Waals surface area contributed by atoms with Crippen LogP contribution in [0.4, 0.5) is 5.82 Å². The zero-order valence-electron chi connectivity index (χ0n) is 17.0. The number of hydrogen-bond acceptors (Lipinski definition) is 6. The summed E-state index contributed by atoms with van der Waals surface area (Å²) in [5, 5.41) is 10.4. The molecule has 0 saturated heterocycles. The van der Waals surface area contributed by atoms with Crippen molar-refractivity contribution in [1.82, 2.24) is 14.8 Å². The van der Waals surface area contributed by atoms with Crippen LogP contribution in [-0.4, -0.2) is 34.9 Å². The Bertz CT molecular complexity index is 1250. The van der Waals surface area contributed by atoms with E-state index < -0.39 is 0 Å². The Labute approximate surface area is 188 Å². The highest BCUT2D eigenvalue weighted by molar-refractivity contribution is 7.12. The summed E-state index contributed by atoms with van der Waals surface area (Å²) in [6.45, 7) is 1.85. The molecule has 158 valence electrons. The zero-order chi connectivity index (χ0) is 22.0. The molecule has 0 atom stereocenters.